The van der Waals surface area contributed by atoms with Crippen molar-refractivity contribution >= 4 is 11.8 Å². The van der Waals surface area contributed by atoms with Crippen LogP contribution < -0.4 is 10.6 Å². The zero-order valence-electron chi connectivity index (χ0n) is 16.5. The molecule has 9 nitrogen and oxygen atoms in total. The molecule has 9 heteroatoms. The smallest absolute Gasteiger partial charge is 0.287 e. The third kappa shape index (κ3) is 5.21. The third-order valence-corrected chi connectivity index (χ3v) is 4.58. The number of nitrogens with one attached hydrogen (secondary N) is 2. The number of amides is 2. The maximum absolute atomic E-state index is 12.9. The Kier molecular flexibility index (Phi) is 6.13. The second-order valence-corrected chi connectivity index (χ2v) is 6.78. The molecule has 2 N–H and O–H groups in total. The molecular formula is C22H20N6O3. The molecule has 0 bridgehead atoms. The van der Waals surface area contributed by atoms with Crippen molar-refractivity contribution in [3.05, 3.63) is 96.6 Å². The van der Waals surface area contributed by atoms with Crippen LogP contribution in [0.2, 0.25) is 0 Å². The van der Waals surface area contributed by atoms with Crippen molar-refractivity contribution in [1.29, 1.82) is 0 Å². The third-order valence-electron chi connectivity index (χ3n) is 4.58. The highest BCUT2D eigenvalue weighted by atomic mass is 16.3. The molecule has 0 radical (unpaired) electrons. The minimum Gasteiger partial charge on any atom is -0.459 e. The largest absolute Gasteiger partial charge is 0.459 e. The fraction of sp³-hybridized carbons (Fsp3) is 0.136. The van der Waals surface area contributed by atoms with Gasteiger partial charge in [0.05, 0.1) is 6.26 Å². The number of nitrogens with zero attached hydrogens (tertiary/aromatic N) is 4. The SMILES string of the molecule is O=C(N[C@H](Cc1ccccc1)C(=O)NCc1ccc(-n2cncn2)nc1)c1ccco1. The van der Waals surface area contributed by atoms with Gasteiger partial charge in [0.15, 0.2) is 11.6 Å². The zero-order valence-corrected chi connectivity index (χ0v) is 16.5. The van der Waals surface area contributed by atoms with Gasteiger partial charge >= 0.3 is 0 Å². The van der Waals surface area contributed by atoms with Crippen LogP contribution in [0.4, 0.5) is 0 Å². The summed E-state index contributed by atoms with van der Waals surface area (Å²) in [5, 5.41) is 9.65. The van der Waals surface area contributed by atoms with Crippen molar-refractivity contribution in [2.75, 3.05) is 0 Å². The van der Waals surface area contributed by atoms with E-state index >= 15 is 0 Å². The van der Waals surface area contributed by atoms with Crippen LogP contribution in [0.15, 0.2) is 84.1 Å². The van der Waals surface area contributed by atoms with Gasteiger partial charge in [-0.1, -0.05) is 36.4 Å². The van der Waals surface area contributed by atoms with Gasteiger partial charge in [-0.2, -0.15) is 5.10 Å². The van der Waals surface area contributed by atoms with Crippen LogP contribution in [0, 0.1) is 0 Å². The van der Waals surface area contributed by atoms with Crippen molar-refractivity contribution in [3.63, 3.8) is 0 Å². The van der Waals surface area contributed by atoms with Gasteiger partial charge in [0, 0.05) is 19.2 Å². The Morgan fingerprint density at radius 2 is 1.90 bits per heavy atom. The van der Waals surface area contributed by atoms with Crippen LogP contribution >= 0.6 is 0 Å². The number of furan rings is 1. The first-order chi connectivity index (χ1) is 15.2. The fourth-order valence-electron chi connectivity index (χ4n) is 2.99. The lowest BCUT2D eigenvalue weighted by molar-refractivity contribution is -0.123. The number of carbonyl (C=O) groups is 2. The molecule has 0 aliphatic carbocycles. The van der Waals surface area contributed by atoms with Crippen molar-refractivity contribution in [3.8, 4) is 5.82 Å². The molecule has 4 rings (SSSR count). The van der Waals surface area contributed by atoms with Crippen LogP contribution in [0.3, 0.4) is 0 Å². The van der Waals surface area contributed by atoms with E-state index in [4.69, 9.17) is 4.42 Å². The van der Waals surface area contributed by atoms with Gasteiger partial charge in [0.1, 0.15) is 18.7 Å². The van der Waals surface area contributed by atoms with E-state index in [0.717, 1.165) is 11.1 Å². The van der Waals surface area contributed by atoms with E-state index in [2.05, 4.69) is 25.7 Å². The van der Waals surface area contributed by atoms with Gasteiger partial charge in [-0.25, -0.2) is 14.6 Å². The van der Waals surface area contributed by atoms with Crippen LogP contribution in [-0.2, 0) is 17.8 Å². The molecule has 1 atom stereocenters. The Balaban J connectivity index is 1.41. The predicted molar refractivity (Wildman–Crippen MR) is 111 cm³/mol. The molecule has 31 heavy (non-hydrogen) atoms. The summed E-state index contributed by atoms with van der Waals surface area (Å²) in [6, 6.07) is 15.5. The summed E-state index contributed by atoms with van der Waals surface area (Å²) < 4.78 is 6.68. The molecule has 0 aliphatic rings. The van der Waals surface area contributed by atoms with E-state index in [9.17, 15) is 9.59 Å². The van der Waals surface area contributed by atoms with E-state index in [1.807, 2.05) is 36.4 Å². The number of carbonyl (C=O) groups excluding carboxylic acids is 2. The number of hydrogen-bond donors (Lipinski definition) is 2. The Hall–Kier alpha value is -4.27. The first-order valence-electron chi connectivity index (χ1n) is 9.65. The number of aromatic nitrogens is 4. The molecule has 4 aromatic rings. The van der Waals surface area contributed by atoms with Gasteiger partial charge in [0.25, 0.3) is 5.91 Å². The highest BCUT2D eigenvalue weighted by molar-refractivity contribution is 5.95. The van der Waals surface area contributed by atoms with Crippen LogP contribution in [0.5, 0.6) is 0 Å². The average molecular weight is 416 g/mol. The van der Waals surface area contributed by atoms with E-state index in [-0.39, 0.29) is 18.2 Å². The minimum atomic E-state index is -0.762. The molecule has 0 spiro atoms. The van der Waals surface area contributed by atoms with Crippen LogP contribution in [0.1, 0.15) is 21.7 Å². The molecule has 0 saturated carbocycles. The molecule has 0 saturated heterocycles. The zero-order chi connectivity index (χ0) is 21.5. The molecular weight excluding hydrogens is 396 g/mol. The molecule has 3 aromatic heterocycles. The summed E-state index contributed by atoms with van der Waals surface area (Å²) >= 11 is 0. The summed E-state index contributed by atoms with van der Waals surface area (Å²) in [6.07, 6.45) is 6.41. The maximum Gasteiger partial charge on any atom is 0.287 e. The molecule has 0 unspecified atom stereocenters. The van der Waals surface area contributed by atoms with Crippen molar-refractivity contribution in [2.45, 2.75) is 19.0 Å². The normalized spacial score (nSPS) is 11.6. The lowest BCUT2D eigenvalue weighted by Gasteiger charge is -2.18. The molecule has 0 fully saturated rings. The summed E-state index contributed by atoms with van der Waals surface area (Å²) in [5.74, 6) is 0.0306. The van der Waals surface area contributed by atoms with Crippen molar-refractivity contribution < 1.29 is 14.0 Å². The minimum absolute atomic E-state index is 0.152. The van der Waals surface area contributed by atoms with Crippen LogP contribution in [0.25, 0.3) is 5.82 Å². The fourth-order valence-corrected chi connectivity index (χ4v) is 2.99. The number of pyridine rings is 1. The summed E-state index contributed by atoms with van der Waals surface area (Å²) in [7, 11) is 0. The number of benzene rings is 1. The maximum atomic E-state index is 12.9. The number of rotatable bonds is 8. The first kappa shape index (κ1) is 20.0. The second-order valence-electron chi connectivity index (χ2n) is 6.78. The predicted octanol–water partition coefficient (Wildman–Crippen LogP) is 1.91. The molecule has 0 aliphatic heterocycles. The highest BCUT2D eigenvalue weighted by Crippen LogP contribution is 2.08. The lowest BCUT2D eigenvalue weighted by Crippen LogP contribution is -2.47. The average Bonchev–Trinajstić information content (AvgIpc) is 3.53. The summed E-state index contributed by atoms with van der Waals surface area (Å²) in [4.78, 5) is 33.5. The Labute approximate surface area is 178 Å². The summed E-state index contributed by atoms with van der Waals surface area (Å²) in [5.41, 5.74) is 1.74. The van der Waals surface area contributed by atoms with E-state index in [1.165, 1.54) is 12.6 Å². The van der Waals surface area contributed by atoms with Crippen molar-refractivity contribution in [2.24, 2.45) is 0 Å². The van der Waals surface area contributed by atoms with Crippen molar-refractivity contribution in [1.82, 2.24) is 30.4 Å². The molecule has 2 amide bonds. The van der Waals surface area contributed by atoms with Gasteiger partial charge in [0.2, 0.25) is 5.91 Å². The topological polar surface area (TPSA) is 115 Å². The van der Waals surface area contributed by atoms with Crippen LogP contribution in [-0.4, -0.2) is 37.6 Å². The molecule has 1 aromatic carbocycles. The van der Waals surface area contributed by atoms with E-state index < -0.39 is 11.9 Å². The van der Waals surface area contributed by atoms with Gasteiger partial charge in [-0.05, 0) is 29.3 Å². The quantitative estimate of drug-likeness (QED) is 0.453. The molecule has 3 heterocycles. The standard InChI is InChI=1S/C22H20N6O3/c29-21(25-13-17-8-9-20(24-12-17)28-15-23-14-26-28)18(11-16-5-2-1-3-6-16)27-22(30)19-7-4-10-31-19/h1-10,12,14-15,18H,11,13H2,(H,25,29)(H,27,30)/t18-/m1/s1. The first-order valence-corrected chi connectivity index (χ1v) is 9.65. The Morgan fingerprint density at radius 3 is 2.58 bits per heavy atom. The second kappa shape index (κ2) is 9.49. The summed E-state index contributed by atoms with van der Waals surface area (Å²) in [6.45, 7) is 0.269. The van der Waals surface area contributed by atoms with Gasteiger partial charge in [-0.15, -0.1) is 0 Å². The van der Waals surface area contributed by atoms with E-state index in [1.54, 1.807) is 35.4 Å². The Morgan fingerprint density at radius 1 is 1.03 bits per heavy atom. The van der Waals surface area contributed by atoms with Gasteiger partial charge in [-0.3, -0.25) is 9.59 Å². The van der Waals surface area contributed by atoms with Gasteiger partial charge < -0.3 is 15.1 Å². The molecule has 156 valence electrons. The lowest BCUT2D eigenvalue weighted by atomic mass is 10.0. The monoisotopic (exact) mass is 416 g/mol. The highest BCUT2D eigenvalue weighted by Gasteiger charge is 2.23. The number of hydrogen-bond acceptors (Lipinski definition) is 6. The van der Waals surface area contributed by atoms with E-state index in [0.29, 0.717) is 12.2 Å². The Bertz CT molecular complexity index is 1110.